The van der Waals surface area contributed by atoms with Crippen LogP contribution in [-0.4, -0.2) is 34.2 Å². The van der Waals surface area contributed by atoms with Crippen LogP contribution in [0.2, 0.25) is 0 Å². The molecule has 4 aromatic rings. The van der Waals surface area contributed by atoms with Crippen molar-refractivity contribution in [3.05, 3.63) is 72.8 Å². The maximum Gasteiger partial charge on any atom is 0.287 e. The summed E-state index contributed by atoms with van der Waals surface area (Å²) in [5, 5.41) is 18.2. The Morgan fingerprint density at radius 2 is 1.71 bits per heavy atom. The van der Waals surface area contributed by atoms with Gasteiger partial charge in [0.05, 0.1) is 0 Å². The van der Waals surface area contributed by atoms with Crippen LogP contribution in [-0.2, 0) is 0 Å². The number of benzene rings is 1. The van der Waals surface area contributed by atoms with Crippen LogP contribution in [0.15, 0.2) is 71.4 Å². The predicted octanol–water partition coefficient (Wildman–Crippen LogP) is 3.20. The van der Waals surface area contributed by atoms with Crippen molar-refractivity contribution in [1.29, 1.82) is 0 Å². The van der Waals surface area contributed by atoms with E-state index >= 15 is 0 Å². The molecule has 1 aromatic carbocycles. The van der Waals surface area contributed by atoms with E-state index in [9.17, 15) is 4.79 Å². The molecule has 1 amide bonds. The lowest BCUT2D eigenvalue weighted by Gasteiger charge is -2.07. The number of para-hydroxylation sites is 1. The van der Waals surface area contributed by atoms with E-state index in [4.69, 9.17) is 4.42 Å². The SMILES string of the molecule is O=C(NCCNc1ccc(Nc2ccncc2)nn1)c1cc2ccccc2o1. The van der Waals surface area contributed by atoms with Crippen LogP contribution in [0, 0.1) is 0 Å². The van der Waals surface area contributed by atoms with E-state index in [1.54, 1.807) is 18.5 Å². The Hall–Kier alpha value is -3.94. The van der Waals surface area contributed by atoms with Crippen molar-refractivity contribution >= 4 is 34.2 Å². The summed E-state index contributed by atoms with van der Waals surface area (Å²) in [5.74, 6) is 1.31. The molecular weight excluding hydrogens is 356 g/mol. The fourth-order valence-corrected chi connectivity index (χ4v) is 2.62. The van der Waals surface area contributed by atoms with Gasteiger partial charge in [-0.2, -0.15) is 0 Å². The molecule has 0 unspecified atom stereocenters. The molecule has 0 saturated heterocycles. The Balaban J connectivity index is 1.24. The third kappa shape index (κ3) is 4.24. The molecule has 0 aliphatic carbocycles. The maximum atomic E-state index is 12.2. The third-order valence-electron chi connectivity index (χ3n) is 3.98. The van der Waals surface area contributed by atoms with Gasteiger partial charge in [0.15, 0.2) is 11.6 Å². The Morgan fingerprint density at radius 3 is 2.50 bits per heavy atom. The van der Waals surface area contributed by atoms with Crippen LogP contribution < -0.4 is 16.0 Å². The van der Waals surface area contributed by atoms with E-state index in [0.717, 1.165) is 11.1 Å². The molecule has 8 heteroatoms. The van der Waals surface area contributed by atoms with Crippen molar-refractivity contribution in [2.75, 3.05) is 23.7 Å². The zero-order valence-electron chi connectivity index (χ0n) is 14.9. The lowest BCUT2D eigenvalue weighted by molar-refractivity contribution is 0.0929. The Kier molecular flexibility index (Phi) is 5.10. The van der Waals surface area contributed by atoms with Crippen LogP contribution in [0.1, 0.15) is 10.6 Å². The summed E-state index contributed by atoms with van der Waals surface area (Å²) in [5.41, 5.74) is 1.58. The number of furan rings is 1. The van der Waals surface area contributed by atoms with E-state index < -0.39 is 0 Å². The fourth-order valence-electron chi connectivity index (χ4n) is 2.62. The van der Waals surface area contributed by atoms with Crippen LogP contribution in [0.5, 0.6) is 0 Å². The fraction of sp³-hybridized carbons (Fsp3) is 0.100. The van der Waals surface area contributed by atoms with Gasteiger partial charge in [0.2, 0.25) is 0 Å². The number of aromatic nitrogens is 3. The van der Waals surface area contributed by atoms with Gasteiger partial charge in [-0.1, -0.05) is 18.2 Å². The molecule has 4 rings (SSSR count). The first-order chi connectivity index (χ1) is 13.8. The van der Waals surface area contributed by atoms with Gasteiger partial charge in [-0.3, -0.25) is 9.78 Å². The molecule has 0 bridgehead atoms. The van der Waals surface area contributed by atoms with Crippen LogP contribution in [0.4, 0.5) is 17.3 Å². The van der Waals surface area contributed by atoms with E-state index in [1.807, 2.05) is 48.5 Å². The van der Waals surface area contributed by atoms with Gasteiger partial charge in [-0.15, -0.1) is 10.2 Å². The molecule has 0 atom stereocenters. The zero-order chi connectivity index (χ0) is 19.2. The summed E-state index contributed by atoms with van der Waals surface area (Å²) >= 11 is 0. The number of carbonyl (C=O) groups excluding carboxylic acids is 1. The second kappa shape index (κ2) is 8.17. The first-order valence-corrected chi connectivity index (χ1v) is 8.79. The number of rotatable bonds is 7. The van der Waals surface area contributed by atoms with E-state index in [0.29, 0.717) is 36.1 Å². The van der Waals surface area contributed by atoms with E-state index in [-0.39, 0.29) is 5.91 Å². The molecule has 0 radical (unpaired) electrons. The first-order valence-electron chi connectivity index (χ1n) is 8.79. The minimum absolute atomic E-state index is 0.249. The smallest absolute Gasteiger partial charge is 0.287 e. The summed E-state index contributed by atoms with van der Waals surface area (Å²) in [6, 6.07) is 16.6. The number of pyridine rings is 1. The van der Waals surface area contributed by atoms with Gasteiger partial charge in [-0.25, -0.2) is 0 Å². The van der Waals surface area contributed by atoms with Crippen LogP contribution in [0.3, 0.4) is 0 Å². The number of anilines is 3. The van der Waals surface area contributed by atoms with Crippen molar-refractivity contribution in [3.8, 4) is 0 Å². The minimum atomic E-state index is -0.249. The highest BCUT2D eigenvalue weighted by molar-refractivity contribution is 5.96. The average molecular weight is 374 g/mol. The molecule has 0 aliphatic rings. The molecule has 0 spiro atoms. The van der Waals surface area contributed by atoms with Crippen molar-refractivity contribution in [1.82, 2.24) is 20.5 Å². The zero-order valence-corrected chi connectivity index (χ0v) is 14.9. The van der Waals surface area contributed by atoms with Gasteiger partial charge in [0, 0.05) is 36.6 Å². The Labute approximate surface area is 161 Å². The van der Waals surface area contributed by atoms with Gasteiger partial charge in [0.1, 0.15) is 11.4 Å². The topological polar surface area (TPSA) is 105 Å². The monoisotopic (exact) mass is 374 g/mol. The van der Waals surface area contributed by atoms with Gasteiger partial charge < -0.3 is 20.4 Å². The number of fused-ring (bicyclic) bond motifs is 1. The molecule has 3 heterocycles. The average Bonchev–Trinajstić information content (AvgIpc) is 3.17. The van der Waals surface area contributed by atoms with Crippen LogP contribution >= 0.6 is 0 Å². The number of nitrogens with one attached hydrogen (secondary N) is 3. The van der Waals surface area contributed by atoms with Crippen molar-refractivity contribution in [2.45, 2.75) is 0 Å². The van der Waals surface area contributed by atoms with Crippen LogP contribution in [0.25, 0.3) is 11.0 Å². The molecule has 140 valence electrons. The molecule has 0 saturated carbocycles. The molecule has 28 heavy (non-hydrogen) atoms. The Morgan fingerprint density at radius 1 is 0.929 bits per heavy atom. The quantitative estimate of drug-likeness (QED) is 0.427. The van der Waals surface area contributed by atoms with Gasteiger partial charge in [0.25, 0.3) is 5.91 Å². The summed E-state index contributed by atoms with van der Waals surface area (Å²) in [7, 11) is 0. The predicted molar refractivity (Wildman–Crippen MR) is 107 cm³/mol. The lowest BCUT2D eigenvalue weighted by Crippen LogP contribution is -2.28. The molecule has 0 aliphatic heterocycles. The molecule has 3 aromatic heterocycles. The first kappa shape index (κ1) is 17.5. The molecule has 0 fully saturated rings. The highest BCUT2D eigenvalue weighted by atomic mass is 16.3. The maximum absolute atomic E-state index is 12.2. The largest absolute Gasteiger partial charge is 0.451 e. The number of amides is 1. The van der Waals surface area contributed by atoms with Gasteiger partial charge >= 0.3 is 0 Å². The summed E-state index contributed by atoms with van der Waals surface area (Å²) < 4.78 is 5.54. The summed E-state index contributed by atoms with van der Waals surface area (Å²) in [6.07, 6.45) is 3.40. The Bertz CT molecular complexity index is 1030. The second-order valence-electron chi connectivity index (χ2n) is 6.00. The lowest BCUT2D eigenvalue weighted by atomic mass is 10.2. The van der Waals surface area contributed by atoms with Crippen molar-refractivity contribution in [2.24, 2.45) is 0 Å². The van der Waals surface area contributed by atoms with Crippen molar-refractivity contribution < 1.29 is 9.21 Å². The standard InChI is InChI=1S/C20H18N6O2/c27-20(17-13-14-3-1-2-4-16(14)28-17)23-12-11-22-18-5-6-19(26-25-18)24-15-7-9-21-10-8-15/h1-10,13H,11-12H2,(H,22,25)(H,23,27)(H,21,24,26). The van der Waals surface area contributed by atoms with E-state index in [1.165, 1.54) is 0 Å². The number of carbonyl (C=O) groups is 1. The van der Waals surface area contributed by atoms with E-state index in [2.05, 4.69) is 31.1 Å². The highest BCUT2D eigenvalue weighted by Crippen LogP contribution is 2.18. The number of hydrogen-bond acceptors (Lipinski definition) is 7. The summed E-state index contributed by atoms with van der Waals surface area (Å²) in [4.78, 5) is 16.1. The third-order valence-corrected chi connectivity index (χ3v) is 3.98. The highest BCUT2D eigenvalue weighted by Gasteiger charge is 2.11. The second-order valence-corrected chi connectivity index (χ2v) is 6.00. The normalized spacial score (nSPS) is 10.6. The van der Waals surface area contributed by atoms with Crippen molar-refractivity contribution in [3.63, 3.8) is 0 Å². The van der Waals surface area contributed by atoms with Gasteiger partial charge in [-0.05, 0) is 36.4 Å². The number of nitrogens with zero attached hydrogens (tertiary/aromatic N) is 3. The minimum Gasteiger partial charge on any atom is -0.451 e. The molecule has 3 N–H and O–H groups in total. The summed E-state index contributed by atoms with van der Waals surface area (Å²) in [6.45, 7) is 0.937. The number of hydrogen-bond donors (Lipinski definition) is 3. The molecule has 8 nitrogen and oxygen atoms in total. The molecular formula is C20H18N6O2.